The summed E-state index contributed by atoms with van der Waals surface area (Å²) in [4.78, 5) is 38.7. The van der Waals surface area contributed by atoms with Crippen LogP contribution in [0.2, 0.25) is 0 Å². The van der Waals surface area contributed by atoms with E-state index in [1.807, 2.05) is 91.0 Å². The van der Waals surface area contributed by atoms with E-state index in [0.717, 1.165) is 16.7 Å². The van der Waals surface area contributed by atoms with Gasteiger partial charge in [-0.2, -0.15) is 0 Å². The second kappa shape index (κ2) is 15.5. The van der Waals surface area contributed by atoms with E-state index in [0.29, 0.717) is 45.3 Å². The Balaban J connectivity index is 1.62. The lowest BCUT2D eigenvalue weighted by Gasteiger charge is -2.37. The summed E-state index contributed by atoms with van der Waals surface area (Å²) in [5, 5.41) is 9.03. The van der Waals surface area contributed by atoms with Gasteiger partial charge >= 0.3 is 0 Å². The van der Waals surface area contributed by atoms with Gasteiger partial charge in [-0.1, -0.05) is 105 Å². The first-order chi connectivity index (χ1) is 18.9. The molecule has 0 radical (unpaired) electrons. The molecular weight excluding hydrogens is 486 g/mol. The molecule has 6 heteroatoms. The van der Waals surface area contributed by atoms with Gasteiger partial charge in [-0.05, 0) is 40.9 Å². The van der Waals surface area contributed by atoms with E-state index in [1.54, 1.807) is 0 Å². The van der Waals surface area contributed by atoms with Crippen LogP contribution in [0.3, 0.4) is 0 Å². The number of rotatable bonds is 15. The summed E-state index contributed by atoms with van der Waals surface area (Å²) in [5.74, 6) is -0.0741. The zero-order valence-corrected chi connectivity index (χ0v) is 23.1. The van der Waals surface area contributed by atoms with Gasteiger partial charge in [-0.25, -0.2) is 0 Å². The fourth-order valence-electron chi connectivity index (χ4n) is 4.76. The van der Waals surface area contributed by atoms with Crippen molar-refractivity contribution in [2.45, 2.75) is 65.6 Å². The summed E-state index contributed by atoms with van der Waals surface area (Å²) in [6.45, 7) is 5.53. The number of amides is 3. The highest BCUT2D eigenvalue weighted by molar-refractivity contribution is 5.79. The Morgan fingerprint density at radius 3 is 1.23 bits per heavy atom. The Bertz CT molecular complexity index is 1110. The Morgan fingerprint density at radius 2 is 0.897 bits per heavy atom. The van der Waals surface area contributed by atoms with Crippen LogP contribution in [0.5, 0.6) is 0 Å². The highest BCUT2D eigenvalue weighted by atomic mass is 16.2. The van der Waals surface area contributed by atoms with Crippen molar-refractivity contribution in [2.75, 3.05) is 0 Å². The average molecular weight is 528 g/mol. The topological polar surface area (TPSA) is 87.3 Å². The Labute approximate surface area is 232 Å². The fraction of sp³-hybridized carbons (Fsp3) is 0.364. The molecule has 39 heavy (non-hydrogen) atoms. The van der Waals surface area contributed by atoms with E-state index in [2.05, 4.69) is 29.8 Å². The first-order valence-electron chi connectivity index (χ1n) is 13.8. The fourth-order valence-corrected chi connectivity index (χ4v) is 4.76. The third kappa shape index (κ3) is 10.4. The van der Waals surface area contributed by atoms with Crippen molar-refractivity contribution in [1.29, 1.82) is 0 Å². The average Bonchev–Trinajstić information content (AvgIpc) is 2.96. The molecule has 3 amide bonds. The molecule has 6 nitrogen and oxygen atoms in total. The first-order valence-corrected chi connectivity index (χ1v) is 13.8. The summed E-state index contributed by atoms with van der Waals surface area (Å²) in [7, 11) is 0. The van der Waals surface area contributed by atoms with Gasteiger partial charge in [0.1, 0.15) is 0 Å². The molecule has 0 aliphatic rings. The van der Waals surface area contributed by atoms with Crippen molar-refractivity contribution in [3.8, 4) is 0 Å². The molecule has 0 unspecified atom stereocenters. The van der Waals surface area contributed by atoms with Crippen LogP contribution in [0.25, 0.3) is 0 Å². The molecule has 3 N–H and O–H groups in total. The number of nitrogens with one attached hydrogen (secondary N) is 3. The molecule has 0 saturated carbocycles. The lowest BCUT2D eigenvalue weighted by Crippen LogP contribution is -2.38. The predicted octanol–water partition coefficient (Wildman–Crippen LogP) is 5.53. The van der Waals surface area contributed by atoms with Crippen molar-refractivity contribution < 1.29 is 14.4 Å². The molecule has 0 heterocycles. The molecule has 0 bridgehead atoms. The summed E-state index contributed by atoms with van der Waals surface area (Å²) in [5.41, 5.74) is 2.61. The van der Waals surface area contributed by atoms with E-state index in [1.165, 1.54) is 0 Å². The van der Waals surface area contributed by atoms with Crippen LogP contribution in [0.1, 0.15) is 62.6 Å². The molecule has 3 aromatic carbocycles. The largest absolute Gasteiger partial charge is 0.352 e. The number of hydrogen-bond acceptors (Lipinski definition) is 3. The molecule has 3 rings (SSSR count). The van der Waals surface area contributed by atoms with Crippen molar-refractivity contribution in [3.05, 3.63) is 108 Å². The normalized spacial score (nSPS) is 11.2. The molecule has 0 aromatic heterocycles. The van der Waals surface area contributed by atoms with Gasteiger partial charge in [0.05, 0.1) is 0 Å². The van der Waals surface area contributed by atoms with Gasteiger partial charge < -0.3 is 16.0 Å². The Hall–Kier alpha value is -3.93. The van der Waals surface area contributed by atoms with Crippen LogP contribution in [0.15, 0.2) is 91.0 Å². The second-order valence-electron chi connectivity index (χ2n) is 10.5. The maximum Gasteiger partial charge on any atom is 0.220 e. The zero-order chi connectivity index (χ0) is 27.9. The minimum Gasteiger partial charge on any atom is -0.352 e. The van der Waals surface area contributed by atoms with Gasteiger partial charge in [-0.15, -0.1) is 0 Å². The van der Waals surface area contributed by atoms with E-state index in [4.69, 9.17) is 0 Å². The molecule has 0 saturated heterocycles. The van der Waals surface area contributed by atoms with Gasteiger partial charge in [0.15, 0.2) is 0 Å². The third-order valence-electron chi connectivity index (χ3n) is 7.43. The van der Waals surface area contributed by atoms with Crippen molar-refractivity contribution in [3.63, 3.8) is 0 Å². The van der Waals surface area contributed by atoms with Crippen molar-refractivity contribution in [2.24, 2.45) is 11.3 Å². The maximum absolute atomic E-state index is 13.1. The second-order valence-corrected chi connectivity index (χ2v) is 10.5. The van der Waals surface area contributed by atoms with E-state index in [9.17, 15) is 14.4 Å². The Morgan fingerprint density at radius 1 is 0.564 bits per heavy atom. The minimum atomic E-state index is -0.491. The van der Waals surface area contributed by atoms with Gasteiger partial charge in [-0.3, -0.25) is 14.4 Å². The van der Waals surface area contributed by atoms with Crippen molar-refractivity contribution >= 4 is 17.7 Å². The number of hydrogen-bond donors (Lipinski definition) is 3. The number of benzene rings is 3. The van der Waals surface area contributed by atoms with Gasteiger partial charge in [0.2, 0.25) is 17.7 Å². The monoisotopic (exact) mass is 527 g/mol. The SMILES string of the molecule is CC(C)C(CCC(=O)NCc1ccccc1)(CCC(=O)NCc1ccccc1)CC(=O)NCc1ccccc1. The summed E-state index contributed by atoms with van der Waals surface area (Å²) in [6.07, 6.45) is 1.90. The molecule has 206 valence electrons. The molecule has 0 spiro atoms. The maximum atomic E-state index is 13.1. The van der Waals surface area contributed by atoms with Crippen LogP contribution < -0.4 is 16.0 Å². The molecular formula is C33H41N3O3. The molecule has 0 aliphatic carbocycles. The zero-order valence-electron chi connectivity index (χ0n) is 23.1. The Kier molecular flexibility index (Phi) is 11.8. The standard InChI is InChI=1S/C33H41N3O3/c1-26(2)33(22-32(39)36-25-29-16-10-5-11-17-29,20-18-30(37)34-23-27-12-6-3-7-13-27)21-19-31(38)35-24-28-14-8-4-9-15-28/h3-17,26H,18-25H2,1-2H3,(H,34,37)(H,35,38)(H,36,39). The van der Waals surface area contributed by atoms with Crippen LogP contribution in [-0.4, -0.2) is 17.7 Å². The lowest BCUT2D eigenvalue weighted by molar-refractivity contribution is -0.128. The minimum absolute atomic E-state index is 0.0536. The summed E-state index contributed by atoms with van der Waals surface area (Å²) in [6, 6.07) is 29.4. The highest BCUT2D eigenvalue weighted by Crippen LogP contribution is 2.41. The van der Waals surface area contributed by atoms with E-state index >= 15 is 0 Å². The van der Waals surface area contributed by atoms with Crippen LogP contribution in [0, 0.1) is 11.3 Å². The van der Waals surface area contributed by atoms with Crippen LogP contribution in [0.4, 0.5) is 0 Å². The molecule has 3 aromatic rings. The quantitative estimate of drug-likeness (QED) is 0.243. The smallest absolute Gasteiger partial charge is 0.220 e. The molecule has 0 atom stereocenters. The van der Waals surface area contributed by atoms with Crippen LogP contribution in [-0.2, 0) is 34.0 Å². The van der Waals surface area contributed by atoms with Crippen LogP contribution >= 0.6 is 0 Å². The highest BCUT2D eigenvalue weighted by Gasteiger charge is 2.36. The molecule has 0 fully saturated rings. The van der Waals surface area contributed by atoms with E-state index in [-0.39, 0.29) is 30.1 Å². The summed E-state index contributed by atoms with van der Waals surface area (Å²) < 4.78 is 0. The predicted molar refractivity (Wildman–Crippen MR) is 155 cm³/mol. The molecule has 0 aliphatic heterocycles. The summed E-state index contributed by atoms with van der Waals surface area (Å²) >= 11 is 0. The third-order valence-corrected chi connectivity index (χ3v) is 7.43. The van der Waals surface area contributed by atoms with E-state index < -0.39 is 5.41 Å². The van der Waals surface area contributed by atoms with Crippen molar-refractivity contribution in [1.82, 2.24) is 16.0 Å². The lowest BCUT2D eigenvalue weighted by atomic mass is 9.68. The number of carbonyl (C=O) groups excluding carboxylic acids is 3. The number of carbonyl (C=O) groups is 3. The van der Waals surface area contributed by atoms with Gasteiger partial charge in [0.25, 0.3) is 0 Å². The van der Waals surface area contributed by atoms with Gasteiger partial charge in [0, 0.05) is 38.9 Å². The first kappa shape index (κ1) is 29.6.